The lowest BCUT2D eigenvalue weighted by molar-refractivity contribution is -0.151. The second kappa shape index (κ2) is 7.23. The van der Waals surface area contributed by atoms with Gasteiger partial charge in [0.1, 0.15) is 0 Å². The normalized spacial score (nSPS) is 23.1. The summed E-state index contributed by atoms with van der Waals surface area (Å²) in [7, 11) is 0. The summed E-state index contributed by atoms with van der Waals surface area (Å²) in [5, 5.41) is 14.5. The van der Waals surface area contributed by atoms with Crippen LogP contribution in [0.3, 0.4) is 0 Å². The molecule has 1 saturated heterocycles. The van der Waals surface area contributed by atoms with Gasteiger partial charge in [-0.15, -0.1) is 0 Å². The summed E-state index contributed by atoms with van der Waals surface area (Å²) in [4.78, 5) is 35.5. The molecule has 0 aliphatic carbocycles. The Kier molecular flexibility index (Phi) is 5.94. The number of nitrogens with zero attached hydrogens (tertiary/aromatic N) is 1. The summed E-state index contributed by atoms with van der Waals surface area (Å²) in [5.41, 5.74) is -0.769. The first kappa shape index (κ1) is 16.4. The van der Waals surface area contributed by atoms with E-state index >= 15 is 0 Å². The minimum absolute atomic E-state index is 0.132. The van der Waals surface area contributed by atoms with E-state index in [-0.39, 0.29) is 18.4 Å². The van der Waals surface area contributed by atoms with Crippen LogP contribution >= 0.6 is 0 Å². The molecule has 1 aliphatic rings. The average molecular weight is 285 g/mol. The molecule has 2 amide bonds. The molecule has 1 rings (SSSR count). The van der Waals surface area contributed by atoms with Crippen LogP contribution in [0, 0.1) is 5.41 Å². The van der Waals surface area contributed by atoms with Crippen molar-refractivity contribution in [2.45, 2.75) is 26.7 Å². The fourth-order valence-electron chi connectivity index (χ4n) is 2.35. The maximum atomic E-state index is 11.7. The van der Waals surface area contributed by atoms with Gasteiger partial charge in [0.05, 0.1) is 12.0 Å². The van der Waals surface area contributed by atoms with Crippen molar-refractivity contribution in [3.63, 3.8) is 0 Å². The predicted octanol–water partition coefficient (Wildman–Crippen LogP) is -0.575. The molecule has 0 aromatic carbocycles. The van der Waals surface area contributed by atoms with Crippen LogP contribution in [-0.4, -0.2) is 60.5 Å². The van der Waals surface area contributed by atoms with E-state index < -0.39 is 11.4 Å². The molecule has 20 heavy (non-hydrogen) atoms. The van der Waals surface area contributed by atoms with Gasteiger partial charge in [-0.2, -0.15) is 0 Å². The van der Waals surface area contributed by atoms with E-state index in [0.29, 0.717) is 26.1 Å². The lowest BCUT2D eigenvalue weighted by atomic mass is 9.82. The van der Waals surface area contributed by atoms with Crippen LogP contribution in [0.5, 0.6) is 0 Å². The topological polar surface area (TPSA) is 98.7 Å². The highest BCUT2D eigenvalue weighted by molar-refractivity contribution is 5.79. The van der Waals surface area contributed by atoms with Crippen LogP contribution in [0.25, 0.3) is 0 Å². The van der Waals surface area contributed by atoms with Crippen LogP contribution in [-0.2, 0) is 14.4 Å². The predicted molar refractivity (Wildman–Crippen MR) is 73.1 cm³/mol. The van der Waals surface area contributed by atoms with E-state index in [1.165, 1.54) is 6.92 Å². The first-order valence-electron chi connectivity index (χ1n) is 6.80. The van der Waals surface area contributed by atoms with E-state index in [1.54, 1.807) is 6.92 Å². The summed E-state index contributed by atoms with van der Waals surface area (Å²) in [6, 6.07) is 0. The molecule has 1 atom stereocenters. The van der Waals surface area contributed by atoms with Crippen LogP contribution in [0.4, 0.5) is 0 Å². The molecular weight excluding hydrogens is 262 g/mol. The van der Waals surface area contributed by atoms with Crippen molar-refractivity contribution < 1.29 is 19.5 Å². The van der Waals surface area contributed by atoms with Crippen molar-refractivity contribution in [3.05, 3.63) is 0 Å². The van der Waals surface area contributed by atoms with Gasteiger partial charge < -0.3 is 15.7 Å². The van der Waals surface area contributed by atoms with Crippen LogP contribution in [0.1, 0.15) is 26.7 Å². The number of hydrogen-bond donors (Lipinski definition) is 3. The van der Waals surface area contributed by atoms with Crippen molar-refractivity contribution in [2.75, 3.05) is 32.7 Å². The Hall–Kier alpha value is -1.63. The molecule has 7 heteroatoms. The zero-order valence-electron chi connectivity index (χ0n) is 12.1. The van der Waals surface area contributed by atoms with Gasteiger partial charge in [-0.25, -0.2) is 0 Å². The maximum absolute atomic E-state index is 11.7. The largest absolute Gasteiger partial charge is 0.481 e. The highest BCUT2D eigenvalue weighted by Gasteiger charge is 2.38. The number of rotatable bonds is 6. The molecule has 0 aromatic heterocycles. The summed E-state index contributed by atoms with van der Waals surface area (Å²) in [6.07, 6.45) is 1.42. The zero-order valence-corrected chi connectivity index (χ0v) is 12.1. The monoisotopic (exact) mass is 285 g/mol. The molecule has 1 aliphatic heterocycles. The van der Waals surface area contributed by atoms with E-state index in [9.17, 15) is 19.5 Å². The molecule has 7 nitrogen and oxygen atoms in total. The molecule has 3 N–H and O–H groups in total. The molecular formula is C13H23N3O4. The summed E-state index contributed by atoms with van der Waals surface area (Å²) < 4.78 is 0. The van der Waals surface area contributed by atoms with Gasteiger partial charge in [0, 0.05) is 26.6 Å². The zero-order chi connectivity index (χ0) is 15.2. The molecule has 0 saturated carbocycles. The van der Waals surface area contributed by atoms with Crippen LogP contribution in [0.2, 0.25) is 0 Å². The molecule has 0 spiro atoms. The van der Waals surface area contributed by atoms with E-state index in [1.807, 2.05) is 4.90 Å². The second-order valence-electron chi connectivity index (χ2n) is 5.51. The standard InChI is InChI=1S/C13H23N3O4/c1-10(17)14-5-6-15-11(18)8-16-7-3-4-13(2,9-16)12(19)20/h3-9H2,1-2H3,(H,14,17)(H,15,18)(H,19,20). The number of likely N-dealkylation sites (tertiary alicyclic amines) is 1. The molecule has 1 heterocycles. The molecule has 0 aromatic rings. The molecule has 1 fully saturated rings. The quantitative estimate of drug-likeness (QED) is 0.567. The first-order chi connectivity index (χ1) is 9.33. The summed E-state index contributed by atoms with van der Waals surface area (Å²) in [5.74, 6) is -1.09. The van der Waals surface area contributed by atoms with Crippen molar-refractivity contribution in [1.82, 2.24) is 15.5 Å². The van der Waals surface area contributed by atoms with Crippen molar-refractivity contribution in [1.29, 1.82) is 0 Å². The fraction of sp³-hybridized carbons (Fsp3) is 0.769. The molecule has 0 radical (unpaired) electrons. The number of carboxylic acid groups (broad SMARTS) is 1. The van der Waals surface area contributed by atoms with Gasteiger partial charge in [-0.3, -0.25) is 19.3 Å². The highest BCUT2D eigenvalue weighted by atomic mass is 16.4. The first-order valence-corrected chi connectivity index (χ1v) is 6.80. The van der Waals surface area contributed by atoms with Crippen molar-refractivity contribution >= 4 is 17.8 Å². The lowest BCUT2D eigenvalue weighted by Crippen LogP contribution is -2.49. The van der Waals surface area contributed by atoms with Crippen LogP contribution < -0.4 is 10.6 Å². The SMILES string of the molecule is CC(=O)NCCNC(=O)CN1CCCC(C)(C(=O)O)C1. The van der Waals surface area contributed by atoms with Crippen molar-refractivity contribution in [3.8, 4) is 0 Å². The number of carbonyl (C=O) groups is 3. The second-order valence-corrected chi connectivity index (χ2v) is 5.51. The third-order valence-corrected chi connectivity index (χ3v) is 3.48. The Morgan fingerprint density at radius 1 is 1.25 bits per heavy atom. The minimum atomic E-state index is -0.812. The number of hydrogen-bond acceptors (Lipinski definition) is 4. The molecule has 1 unspecified atom stereocenters. The summed E-state index contributed by atoms with van der Waals surface area (Å²) in [6.45, 7) is 5.24. The number of amides is 2. The number of nitrogens with one attached hydrogen (secondary N) is 2. The van der Waals surface area contributed by atoms with Crippen molar-refractivity contribution in [2.24, 2.45) is 5.41 Å². The van der Waals surface area contributed by atoms with Gasteiger partial charge >= 0.3 is 5.97 Å². The summed E-state index contributed by atoms with van der Waals surface area (Å²) >= 11 is 0. The Morgan fingerprint density at radius 3 is 2.50 bits per heavy atom. The average Bonchev–Trinajstić information content (AvgIpc) is 2.34. The minimum Gasteiger partial charge on any atom is -0.481 e. The van der Waals surface area contributed by atoms with Gasteiger partial charge in [-0.1, -0.05) is 0 Å². The third kappa shape index (κ3) is 5.16. The Bertz CT molecular complexity index is 386. The third-order valence-electron chi connectivity index (χ3n) is 3.48. The van der Waals surface area contributed by atoms with E-state index in [4.69, 9.17) is 0 Å². The van der Waals surface area contributed by atoms with E-state index in [2.05, 4.69) is 10.6 Å². The smallest absolute Gasteiger partial charge is 0.310 e. The molecule has 0 bridgehead atoms. The van der Waals surface area contributed by atoms with Gasteiger partial charge in [0.25, 0.3) is 0 Å². The lowest BCUT2D eigenvalue weighted by Gasteiger charge is -2.37. The molecule has 114 valence electrons. The number of carbonyl (C=O) groups excluding carboxylic acids is 2. The Morgan fingerprint density at radius 2 is 1.90 bits per heavy atom. The number of piperidine rings is 1. The van der Waals surface area contributed by atoms with Gasteiger partial charge in [-0.05, 0) is 26.3 Å². The Balaban J connectivity index is 2.31. The highest BCUT2D eigenvalue weighted by Crippen LogP contribution is 2.29. The Labute approximate surface area is 118 Å². The number of aliphatic carboxylic acids is 1. The fourth-order valence-corrected chi connectivity index (χ4v) is 2.35. The number of carboxylic acids is 1. The van der Waals surface area contributed by atoms with Gasteiger partial charge in [0.2, 0.25) is 11.8 Å². The maximum Gasteiger partial charge on any atom is 0.310 e. The van der Waals surface area contributed by atoms with E-state index in [0.717, 1.165) is 13.0 Å². The van der Waals surface area contributed by atoms with Gasteiger partial charge in [0.15, 0.2) is 0 Å². The van der Waals surface area contributed by atoms with Crippen LogP contribution in [0.15, 0.2) is 0 Å².